The number of hydrogen-bond acceptors (Lipinski definition) is 5. The van der Waals surface area contributed by atoms with Gasteiger partial charge >= 0.3 is 0 Å². The average molecular weight is 301 g/mol. The third-order valence-electron chi connectivity index (χ3n) is 4.71. The van der Waals surface area contributed by atoms with Crippen LogP contribution in [0.15, 0.2) is 36.4 Å². The van der Waals surface area contributed by atoms with E-state index in [1.807, 2.05) is 0 Å². The smallest absolute Gasteiger partial charge is 0.241 e. The summed E-state index contributed by atoms with van der Waals surface area (Å²) < 4.78 is 10.8. The Morgan fingerprint density at radius 2 is 2.18 bits per heavy atom. The van der Waals surface area contributed by atoms with E-state index >= 15 is 0 Å². The van der Waals surface area contributed by atoms with E-state index in [1.54, 1.807) is 36.4 Å². The molecule has 2 amide bonds. The van der Waals surface area contributed by atoms with Crippen molar-refractivity contribution in [1.82, 2.24) is 0 Å². The predicted octanol–water partition coefficient (Wildman–Crippen LogP) is 0.500. The number of imide groups is 1. The lowest BCUT2D eigenvalue weighted by Gasteiger charge is -2.26. The van der Waals surface area contributed by atoms with Crippen molar-refractivity contribution in [3.05, 3.63) is 36.4 Å². The Hall–Kier alpha value is -2.18. The summed E-state index contributed by atoms with van der Waals surface area (Å²) in [5.41, 5.74) is -0.577. The lowest BCUT2D eigenvalue weighted by Crippen LogP contribution is -2.43. The Kier molecular flexibility index (Phi) is 2.70. The molecule has 2 bridgehead atoms. The summed E-state index contributed by atoms with van der Waals surface area (Å²) >= 11 is 0. The molecule has 1 N–H and O–H groups in total. The molecule has 3 heterocycles. The summed E-state index contributed by atoms with van der Waals surface area (Å²) in [6.07, 6.45) is 3.03. The molecule has 3 aliphatic heterocycles. The zero-order valence-corrected chi connectivity index (χ0v) is 11.9. The Morgan fingerprint density at radius 3 is 2.91 bits per heavy atom. The van der Waals surface area contributed by atoms with Gasteiger partial charge in [0, 0.05) is 6.07 Å². The number of amides is 2. The molecule has 0 aromatic heterocycles. The molecule has 0 radical (unpaired) electrons. The van der Waals surface area contributed by atoms with Crippen molar-refractivity contribution in [2.24, 2.45) is 11.8 Å². The van der Waals surface area contributed by atoms with E-state index in [-0.39, 0.29) is 18.4 Å². The molecule has 6 nitrogen and oxygen atoms in total. The molecular formula is C16H15NO5. The zero-order valence-electron chi connectivity index (χ0n) is 11.9. The van der Waals surface area contributed by atoms with Crippen LogP contribution in [0, 0.1) is 11.8 Å². The van der Waals surface area contributed by atoms with Crippen molar-refractivity contribution in [2.45, 2.75) is 11.7 Å². The number of ether oxygens (including phenoxy) is 2. The average Bonchev–Trinajstić information content (AvgIpc) is 3.18. The van der Waals surface area contributed by atoms with Gasteiger partial charge in [0.15, 0.2) is 0 Å². The van der Waals surface area contributed by atoms with Crippen LogP contribution in [0.5, 0.6) is 5.75 Å². The maximum atomic E-state index is 12.8. The molecule has 0 saturated carbocycles. The van der Waals surface area contributed by atoms with E-state index in [0.717, 1.165) is 0 Å². The molecule has 0 spiro atoms. The molecule has 0 unspecified atom stereocenters. The van der Waals surface area contributed by atoms with Crippen LogP contribution in [0.2, 0.25) is 0 Å². The molecule has 3 aliphatic rings. The number of fused-ring (bicyclic) bond motifs is 5. The molecule has 6 heteroatoms. The van der Waals surface area contributed by atoms with Gasteiger partial charge in [0.2, 0.25) is 11.8 Å². The highest BCUT2D eigenvalue weighted by Gasteiger charge is 2.67. The van der Waals surface area contributed by atoms with Crippen LogP contribution >= 0.6 is 0 Å². The fraction of sp³-hybridized carbons (Fsp3) is 0.375. The highest BCUT2D eigenvalue weighted by atomic mass is 16.5. The molecule has 2 fully saturated rings. The Labute approximate surface area is 126 Å². The lowest BCUT2D eigenvalue weighted by molar-refractivity contribution is -0.128. The van der Waals surface area contributed by atoms with Gasteiger partial charge in [0.05, 0.1) is 37.3 Å². The van der Waals surface area contributed by atoms with Gasteiger partial charge in [-0.15, -0.1) is 0 Å². The predicted molar refractivity (Wildman–Crippen MR) is 76.3 cm³/mol. The van der Waals surface area contributed by atoms with Crippen molar-refractivity contribution in [3.63, 3.8) is 0 Å². The largest absolute Gasteiger partial charge is 0.497 e. The quantitative estimate of drug-likeness (QED) is 0.650. The van der Waals surface area contributed by atoms with E-state index in [0.29, 0.717) is 11.4 Å². The first-order chi connectivity index (χ1) is 10.6. The van der Waals surface area contributed by atoms with Crippen LogP contribution in [-0.2, 0) is 14.3 Å². The highest BCUT2D eigenvalue weighted by molar-refractivity contribution is 6.23. The summed E-state index contributed by atoms with van der Waals surface area (Å²) in [6.45, 7) is -0.313. The maximum absolute atomic E-state index is 12.8. The molecule has 22 heavy (non-hydrogen) atoms. The molecule has 1 aromatic carbocycles. The van der Waals surface area contributed by atoms with Gasteiger partial charge in [-0.25, -0.2) is 4.90 Å². The van der Waals surface area contributed by atoms with E-state index in [2.05, 4.69) is 0 Å². The van der Waals surface area contributed by atoms with Crippen LogP contribution in [0.25, 0.3) is 0 Å². The minimum atomic E-state index is -1.06. The van der Waals surface area contributed by atoms with Crippen LogP contribution in [0.3, 0.4) is 0 Å². The number of hydrogen-bond donors (Lipinski definition) is 1. The van der Waals surface area contributed by atoms with E-state index in [9.17, 15) is 14.7 Å². The summed E-state index contributed by atoms with van der Waals surface area (Å²) in [6, 6.07) is 6.83. The summed E-state index contributed by atoms with van der Waals surface area (Å²) in [5.74, 6) is -1.26. The SMILES string of the molecule is COc1cccc(N2C(=O)[C@H]3[C@@H]4C=C[C@](CO)(O4)[C@H]3C2=O)c1. The first-order valence-corrected chi connectivity index (χ1v) is 7.11. The van der Waals surface area contributed by atoms with Crippen molar-refractivity contribution in [3.8, 4) is 5.75 Å². The summed E-state index contributed by atoms with van der Waals surface area (Å²) in [4.78, 5) is 26.7. The third-order valence-corrected chi connectivity index (χ3v) is 4.71. The van der Waals surface area contributed by atoms with Gasteiger partial charge in [-0.3, -0.25) is 9.59 Å². The van der Waals surface area contributed by atoms with Crippen molar-refractivity contribution in [2.75, 3.05) is 18.6 Å². The van der Waals surface area contributed by atoms with Gasteiger partial charge in [0.1, 0.15) is 11.4 Å². The number of aliphatic hydroxyl groups is 1. The van der Waals surface area contributed by atoms with E-state index in [1.165, 1.54) is 12.0 Å². The zero-order chi connectivity index (χ0) is 15.5. The number of benzene rings is 1. The molecular weight excluding hydrogens is 286 g/mol. The number of nitrogens with zero attached hydrogens (tertiary/aromatic N) is 1. The minimum Gasteiger partial charge on any atom is -0.497 e. The molecule has 114 valence electrons. The van der Waals surface area contributed by atoms with Crippen molar-refractivity contribution < 1.29 is 24.2 Å². The second kappa shape index (κ2) is 4.41. The molecule has 4 atom stereocenters. The van der Waals surface area contributed by atoms with Crippen LogP contribution in [-0.4, -0.2) is 42.3 Å². The third kappa shape index (κ3) is 1.51. The monoisotopic (exact) mass is 301 g/mol. The van der Waals surface area contributed by atoms with Crippen LogP contribution in [0.4, 0.5) is 5.69 Å². The van der Waals surface area contributed by atoms with Crippen LogP contribution < -0.4 is 9.64 Å². The van der Waals surface area contributed by atoms with Gasteiger partial charge in [-0.2, -0.15) is 0 Å². The Balaban J connectivity index is 1.76. The fourth-order valence-electron chi connectivity index (χ4n) is 3.69. The molecule has 1 aromatic rings. The Bertz CT molecular complexity index is 700. The summed E-state index contributed by atoms with van der Waals surface area (Å²) in [7, 11) is 1.53. The fourth-order valence-corrected chi connectivity index (χ4v) is 3.69. The number of anilines is 1. The Morgan fingerprint density at radius 1 is 1.36 bits per heavy atom. The number of rotatable bonds is 3. The minimum absolute atomic E-state index is 0.284. The molecule has 4 rings (SSSR count). The van der Waals surface area contributed by atoms with Gasteiger partial charge in [0.25, 0.3) is 0 Å². The van der Waals surface area contributed by atoms with Gasteiger partial charge < -0.3 is 14.6 Å². The lowest BCUT2D eigenvalue weighted by atomic mass is 9.77. The number of carbonyl (C=O) groups is 2. The molecule has 0 aliphatic carbocycles. The number of methoxy groups -OCH3 is 1. The van der Waals surface area contributed by atoms with Gasteiger partial charge in [-0.05, 0) is 12.1 Å². The maximum Gasteiger partial charge on any atom is 0.241 e. The van der Waals surface area contributed by atoms with E-state index in [4.69, 9.17) is 9.47 Å². The number of carbonyl (C=O) groups excluding carboxylic acids is 2. The van der Waals surface area contributed by atoms with Crippen molar-refractivity contribution in [1.29, 1.82) is 0 Å². The van der Waals surface area contributed by atoms with Crippen molar-refractivity contribution >= 4 is 17.5 Å². The second-order valence-corrected chi connectivity index (χ2v) is 5.77. The first kappa shape index (κ1) is 13.5. The highest BCUT2D eigenvalue weighted by Crippen LogP contribution is 2.52. The normalized spacial score (nSPS) is 35.4. The van der Waals surface area contributed by atoms with Crippen LogP contribution in [0.1, 0.15) is 0 Å². The standard InChI is InChI=1S/C16H15NO5/c1-21-10-4-2-3-9(7-10)17-14(19)12-11-5-6-16(8-18,22-11)13(12)15(17)20/h2-7,11-13,18H,8H2,1H3/t11-,12-,13+,16+/m0/s1. The van der Waals surface area contributed by atoms with Gasteiger partial charge in [-0.1, -0.05) is 18.2 Å². The first-order valence-electron chi connectivity index (χ1n) is 7.11. The second-order valence-electron chi connectivity index (χ2n) is 5.77. The number of aliphatic hydroxyl groups excluding tert-OH is 1. The summed E-state index contributed by atoms with van der Waals surface area (Å²) in [5, 5.41) is 9.66. The topological polar surface area (TPSA) is 76.1 Å². The van der Waals surface area contributed by atoms with E-state index < -0.39 is 23.5 Å². The molecule has 2 saturated heterocycles.